The van der Waals surface area contributed by atoms with E-state index in [4.69, 9.17) is 9.47 Å². The predicted octanol–water partition coefficient (Wildman–Crippen LogP) is 2.07. The normalized spacial score (nSPS) is 12.4. The first-order valence-electron chi connectivity index (χ1n) is 6.72. The molecule has 0 saturated carbocycles. The van der Waals surface area contributed by atoms with Crippen LogP contribution >= 0.6 is 0 Å². The van der Waals surface area contributed by atoms with Crippen molar-refractivity contribution in [1.82, 2.24) is 5.32 Å². The molecule has 1 rings (SSSR count). The van der Waals surface area contributed by atoms with Gasteiger partial charge in [0, 0.05) is 39.5 Å². The van der Waals surface area contributed by atoms with Crippen molar-refractivity contribution in [3.8, 4) is 0 Å². The first-order chi connectivity index (χ1) is 9.15. The van der Waals surface area contributed by atoms with E-state index in [1.165, 1.54) is 11.3 Å². The van der Waals surface area contributed by atoms with Crippen LogP contribution in [0.25, 0.3) is 0 Å². The largest absolute Gasteiger partial charge is 0.382 e. The SMILES string of the molecule is COCCOCCNC(C)c1ccc(N(C)C)cc1. The van der Waals surface area contributed by atoms with Gasteiger partial charge < -0.3 is 19.7 Å². The number of nitrogens with zero attached hydrogens (tertiary/aromatic N) is 1. The molecule has 0 fully saturated rings. The lowest BCUT2D eigenvalue weighted by molar-refractivity contribution is 0.0712. The van der Waals surface area contributed by atoms with Gasteiger partial charge in [-0.2, -0.15) is 0 Å². The Bertz CT molecular complexity index is 339. The van der Waals surface area contributed by atoms with E-state index < -0.39 is 0 Å². The second-order valence-electron chi connectivity index (χ2n) is 4.77. The first-order valence-corrected chi connectivity index (χ1v) is 6.72. The van der Waals surface area contributed by atoms with E-state index in [0.29, 0.717) is 25.9 Å². The number of hydrogen-bond donors (Lipinski definition) is 1. The molecule has 1 N–H and O–H groups in total. The van der Waals surface area contributed by atoms with Crippen molar-refractivity contribution in [2.24, 2.45) is 0 Å². The molecule has 1 unspecified atom stereocenters. The molecule has 19 heavy (non-hydrogen) atoms. The van der Waals surface area contributed by atoms with Crippen LogP contribution in [-0.2, 0) is 9.47 Å². The Morgan fingerprint density at radius 3 is 2.37 bits per heavy atom. The van der Waals surface area contributed by atoms with Crippen LogP contribution < -0.4 is 10.2 Å². The zero-order valence-electron chi connectivity index (χ0n) is 12.5. The highest BCUT2D eigenvalue weighted by Gasteiger charge is 2.04. The monoisotopic (exact) mass is 266 g/mol. The van der Waals surface area contributed by atoms with Crippen molar-refractivity contribution in [3.63, 3.8) is 0 Å². The third kappa shape index (κ3) is 6.05. The summed E-state index contributed by atoms with van der Waals surface area (Å²) >= 11 is 0. The molecule has 1 aromatic rings. The van der Waals surface area contributed by atoms with E-state index in [0.717, 1.165) is 6.54 Å². The molecule has 4 nitrogen and oxygen atoms in total. The molecule has 0 bridgehead atoms. The van der Waals surface area contributed by atoms with Gasteiger partial charge in [0.1, 0.15) is 0 Å². The topological polar surface area (TPSA) is 33.7 Å². The third-order valence-electron chi connectivity index (χ3n) is 3.04. The molecule has 1 aromatic carbocycles. The molecule has 0 aliphatic rings. The standard InChI is InChI=1S/C15H26N2O2/c1-13(16-9-10-19-12-11-18-4)14-5-7-15(8-6-14)17(2)3/h5-8,13,16H,9-12H2,1-4H3. The van der Waals surface area contributed by atoms with Crippen LogP contribution in [0.15, 0.2) is 24.3 Å². The van der Waals surface area contributed by atoms with Crippen LogP contribution in [-0.4, -0.2) is 47.6 Å². The Morgan fingerprint density at radius 2 is 1.79 bits per heavy atom. The van der Waals surface area contributed by atoms with Gasteiger partial charge in [-0.15, -0.1) is 0 Å². The Morgan fingerprint density at radius 1 is 1.11 bits per heavy atom. The van der Waals surface area contributed by atoms with Gasteiger partial charge in [0.05, 0.1) is 19.8 Å². The van der Waals surface area contributed by atoms with E-state index >= 15 is 0 Å². The maximum Gasteiger partial charge on any atom is 0.0700 e. The van der Waals surface area contributed by atoms with E-state index in [1.54, 1.807) is 7.11 Å². The first kappa shape index (κ1) is 16.0. The third-order valence-corrected chi connectivity index (χ3v) is 3.04. The molecule has 0 amide bonds. The molecular weight excluding hydrogens is 240 g/mol. The van der Waals surface area contributed by atoms with Crippen LogP contribution in [0.1, 0.15) is 18.5 Å². The van der Waals surface area contributed by atoms with Crippen LogP contribution in [0.2, 0.25) is 0 Å². The predicted molar refractivity (Wildman–Crippen MR) is 79.9 cm³/mol. The number of hydrogen-bond acceptors (Lipinski definition) is 4. The Labute approximate surface area is 116 Å². The summed E-state index contributed by atoms with van der Waals surface area (Å²) in [6.45, 7) is 5.04. The van der Waals surface area contributed by atoms with Crippen LogP contribution in [0.4, 0.5) is 5.69 Å². The number of ether oxygens (including phenoxy) is 2. The van der Waals surface area contributed by atoms with E-state index in [9.17, 15) is 0 Å². The van der Waals surface area contributed by atoms with E-state index in [1.807, 2.05) is 14.1 Å². The van der Waals surface area contributed by atoms with Gasteiger partial charge in [-0.3, -0.25) is 0 Å². The van der Waals surface area contributed by atoms with Crippen LogP contribution in [0.3, 0.4) is 0 Å². The van der Waals surface area contributed by atoms with Crippen molar-refractivity contribution >= 4 is 5.69 Å². The van der Waals surface area contributed by atoms with Gasteiger partial charge in [0.2, 0.25) is 0 Å². The van der Waals surface area contributed by atoms with Crippen LogP contribution in [0.5, 0.6) is 0 Å². The van der Waals surface area contributed by atoms with E-state index in [2.05, 4.69) is 41.4 Å². The minimum atomic E-state index is 0.335. The molecule has 0 aromatic heterocycles. The van der Waals surface area contributed by atoms with Gasteiger partial charge in [0.25, 0.3) is 0 Å². The average molecular weight is 266 g/mol. The molecule has 0 heterocycles. The fraction of sp³-hybridized carbons (Fsp3) is 0.600. The van der Waals surface area contributed by atoms with Crippen molar-refractivity contribution in [3.05, 3.63) is 29.8 Å². The summed E-state index contributed by atoms with van der Waals surface area (Å²) in [4.78, 5) is 2.10. The highest BCUT2D eigenvalue weighted by Crippen LogP contribution is 2.17. The summed E-state index contributed by atoms with van der Waals surface area (Å²) in [5.74, 6) is 0. The summed E-state index contributed by atoms with van der Waals surface area (Å²) in [5, 5.41) is 3.45. The van der Waals surface area contributed by atoms with Gasteiger partial charge in [-0.25, -0.2) is 0 Å². The average Bonchev–Trinajstić information content (AvgIpc) is 2.42. The van der Waals surface area contributed by atoms with Crippen molar-refractivity contribution in [2.75, 3.05) is 52.5 Å². The van der Waals surface area contributed by atoms with Crippen molar-refractivity contribution < 1.29 is 9.47 Å². The zero-order valence-corrected chi connectivity index (χ0v) is 12.5. The molecular formula is C15H26N2O2. The Hall–Kier alpha value is -1.10. The summed E-state index contributed by atoms with van der Waals surface area (Å²) in [5.41, 5.74) is 2.52. The lowest BCUT2D eigenvalue weighted by Crippen LogP contribution is -2.24. The molecule has 0 aliphatic carbocycles. The lowest BCUT2D eigenvalue weighted by Gasteiger charge is -2.17. The van der Waals surface area contributed by atoms with E-state index in [-0.39, 0.29) is 0 Å². The summed E-state index contributed by atoms with van der Waals surface area (Å²) in [6.07, 6.45) is 0. The molecule has 1 atom stereocenters. The minimum Gasteiger partial charge on any atom is -0.382 e. The van der Waals surface area contributed by atoms with Gasteiger partial charge in [-0.05, 0) is 24.6 Å². The Kier molecular flexibility index (Phi) is 7.48. The van der Waals surface area contributed by atoms with Crippen molar-refractivity contribution in [1.29, 1.82) is 0 Å². The number of anilines is 1. The highest BCUT2D eigenvalue weighted by atomic mass is 16.5. The molecule has 108 valence electrons. The summed E-state index contributed by atoms with van der Waals surface area (Å²) < 4.78 is 10.3. The van der Waals surface area contributed by atoms with Gasteiger partial charge >= 0.3 is 0 Å². The lowest BCUT2D eigenvalue weighted by atomic mass is 10.1. The van der Waals surface area contributed by atoms with Crippen LogP contribution in [0, 0.1) is 0 Å². The minimum absolute atomic E-state index is 0.335. The fourth-order valence-electron chi connectivity index (χ4n) is 1.77. The highest BCUT2D eigenvalue weighted by molar-refractivity contribution is 5.46. The molecule has 0 spiro atoms. The number of nitrogens with one attached hydrogen (secondary N) is 1. The maximum atomic E-state index is 5.42. The van der Waals surface area contributed by atoms with Gasteiger partial charge in [-0.1, -0.05) is 12.1 Å². The Balaban J connectivity index is 2.27. The number of benzene rings is 1. The van der Waals surface area contributed by atoms with Crippen molar-refractivity contribution in [2.45, 2.75) is 13.0 Å². The second kappa shape index (κ2) is 8.91. The number of methoxy groups -OCH3 is 1. The quantitative estimate of drug-likeness (QED) is 0.694. The molecule has 0 aliphatic heterocycles. The molecule has 4 heteroatoms. The maximum absolute atomic E-state index is 5.42. The summed E-state index contributed by atoms with van der Waals surface area (Å²) in [7, 11) is 5.78. The zero-order chi connectivity index (χ0) is 14.1. The smallest absolute Gasteiger partial charge is 0.0700 e. The molecule has 0 saturated heterocycles. The summed E-state index contributed by atoms with van der Waals surface area (Å²) in [6, 6.07) is 8.95. The fourth-order valence-corrected chi connectivity index (χ4v) is 1.77. The molecule has 0 radical (unpaired) electrons. The second-order valence-corrected chi connectivity index (χ2v) is 4.77. The van der Waals surface area contributed by atoms with Gasteiger partial charge in [0.15, 0.2) is 0 Å². The number of rotatable bonds is 9.